The second-order valence-corrected chi connectivity index (χ2v) is 6.08. The normalized spacial score (nSPS) is 14.8. The molecule has 1 aromatic heterocycles. The van der Waals surface area contributed by atoms with Gasteiger partial charge in [0.2, 0.25) is 0 Å². The molecule has 0 aromatic carbocycles. The lowest BCUT2D eigenvalue weighted by atomic mass is 10.2. The van der Waals surface area contributed by atoms with Crippen LogP contribution in [0.4, 0.5) is 19.4 Å². The molecule has 6 nitrogen and oxygen atoms in total. The van der Waals surface area contributed by atoms with Crippen molar-refractivity contribution in [3.63, 3.8) is 0 Å². The molecule has 0 unspecified atom stereocenters. The van der Waals surface area contributed by atoms with Crippen LogP contribution < -0.4 is 10.1 Å². The number of aromatic nitrogens is 2. The van der Waals surface area contributed by atoms with Gasteiger partial charge in [-0.1, -0.05) is 0 Å². The van der Waals surface area contributed by atoms with Gasteiger partial charge in [0, 0.05) is 12.0 Å². The highest BCUT2D eigenvalue weighted by Crippen LogP contribution is 2.43. The van der Waals surface area contributed by atoms with E-state index in [1.54, 1.807) is 20.8 Å². The summed E-state index contributed by atoms with van der Waals surface area (Å²) in [5.41, 5.74) is -0.101. The van der Waals surface area contributed by atoms with Crippen molar-refractivity contribution in [3.8, 4) is 5.75 Å². The first-order valence-electron chi connectivity index (χ1n) is 7.03. The standard InChI is InChI=1S/C14H19F2N3O3/c1-14(2,3)22-13(20)17-11-6-9(21-7-10(15)16)12(19-18-11)8-4-5-8/h6,8,10H,4-5,7H2,1-3H3,(H,17,18,20). The molecule has 0 radical (unpaired) electrons. The molecule has 0 spiro atoms. The molecule has 1 fully saturated rings. The maximum absolute atomic E-state index is 12.3. The first-order chi connectivity index (χ1) is 10.2. The van der Waals surface area contributed by atoms with Crippen LogP contribution in [0.2, 0.25) is 0 Å². The number of carbonyl (C=O) groups is 1. The fraction of sp³-hybridized carbons (Fsp3) is 0.643. The highest BCUT2D eigenvalue weighted by Gasteiger charge is 2.30. The van der Waals surface area contributed by atoms with Gasteiger partial charge in [-0.25, -0.2) is 13.6 Å². The third kappa shape index (κ3) is 5.09. The van der Waals surface area contributed by atoms with Gasteiger partial charge in [-0.15, -0.1) is 10.2 Å². The van der Waals surface area contributed by atoms with E-state index >= 15 is 0 Å². The number of nitrogens with zero attached hydrogens (tertiary/aromatic N) is 2. The highest BCUT2D eigenvalue weighted by molar-refractivity contribution is 5.83. The monoisotopic (exact) mass is 315 g/mol. The Morgan fingerprint density at radius 2 is 2.09 bits per heavy atom. The van der Waals surface area contributed by atoms with Gasteiger partial charge in [0.1, 0.15) is 23.7 Å². The van der Waals surface area contributed by atoms with E-state index in [0.29, 0.717) is 5.69 Å². The number of amides is 1. The van der Waals surface area contributed by atoms with Crippen molar-refractivity contribution in [3.05, 3.63) is 11.8 Å². The molecule has 0 atom stereocenters. The van der Waals surface area contributed by atoms with E-state index in [1.807, 2.05) is 0 Å². The zero-order chi connectivity index (χ0) is 16.3. The summed E-state index contributed by atoms with van der Waals surface area (Å²) in [4.78, 5) is 11.7. The van der Waals surface area contributed by atoms with Gasteiger partial charge in [0.25, 0.3) is 6.43 Å². The summed E-state index contributed by atoms with van der Waals surface area (Å²) < 4.78 is 34.8. The van der Waals surface area contributed by atoms with Crippen molar-refractivity contribution in [1.82, 2.24) is 10.2 Å². The van der Waals surface area contributed by atoms with Crippen LogP contribution in [0.25, 0.3) is 0 Å². The second-order valence-electron chi connectivity index (χ2n) is 6.08. The number of nitrogens with one attached hydrogen (secondary N) is 1. The summed E-state index contributed by atoms with van der Waals surface area (Å²) in [6, 6.07) is 1.40. The summed E-state index contributed by atoms with van der Waals surface area (Å²) >= 11 is 0. The summed E-state index contributed by atoms with van der Waals surface area (Å²) in [6.45, 7) is 4.46. The minimum Gasteiger partial charge on any atom is -0.485 e. The first-order valence-corrected chi connectivity index (χ1v) is 7.03. The molecule has 2 rings (SSSR count). The number of hydrogen-bond donors (Lipinski definition) is 1. The van der Waals surface area contributed by atoms with E-state index in [1.165, 1.54) is 6.07 Å². The minimum atomic E-state index is -2.58. The molecule has 0 bridgehead atoms. The molecule has 1 heterocycles. The lowest BCUT2D eigenvalue weighted by molar-refractivity contribution is 0.0634. The summed E-state index contributed by atoms with van der Waals surface area (Å²) in [7, 11) is 0. The maximum Gasteiger partial charge on any atom is 0.413 e. The van der Waals surface area contributed by atoms with Gasteiger partial charge < -0.3 is 9.47 Å². The Labute approximate surface area is 127 Å². The van der Waals surface area contributed by atoms with Crippen molar-refractivity contribution < 1.29 is 23.0 Å². The van der Waals surface area contributed by atoms with Gasteiger partial charge in [-0.2, -0.15) is 0 Å². The van der Waals surface area contributed by atoms with E-state index in [0.717, 1.165) is 12.8 Å². The number of ether oxygens (including phenoxy) is 2. The number of alkyl halides is 2. The van der Waals surface area contributed by atoms with Crippen LogP contribution in [0, 0.1) is 0 Å². The molecule has 8 heteroatoms. The molecule has 1 N–H and O–H groups in total. The Morgan fingerprint density at radius 3 is 2.64 bits per heavy atom. The molecule has 122 valence electrons. The Kier molecular flexibility index (Phi) is 4.77. The molecule has 0 saturated heterocycles. The molecule has 1 saturated carbocycles. The van der Waals surface area contributed by atoms with E-state index < -0.39 is 24.7 Å². The Bertz CT molecular complexity index is 543. The molecule has 1 aliphatic rings. The van der Waals surface area contributed by atoms with Crippen LogP contribution in [0.15, 0.2) is 6.07 Å². The SMILES string of the molecule is CC(C)(C)OC(=O)Nc1cc(OCC(F)F)c(C2CC2)nn1. The largest absolute Gasteiger partial charge is 0.485 e. The van der Waals surface area contributed by atoms with E-state index in [4.69, 9.17) is 9.47 Å². The lowest BCUT2D eigenvalue weighted by Gasteiger charge is -2.19. The summed E-state index contributed by atoms with van der Waals surface area (Å²) in [6.07, 6.45) is -1.42. The predicted molar refractivity (Wildman–Crippen MR) is 75.4 cm³/mol. The predicted octanol–water partition coefficient (Wildman–Crippen LogP) is 3.34. The van der Waals surface area contributed by atoms with Crippen LogP contribution >= 0.6 is 0 Å². The Morgan fingerprint density at radius 1 is 1.41 bits per heavy atom. The third-order valence-electron chi connectivity index (χ3n) is 2.74. The van der Waals surface area contributed by atoms with Crippen LogP contribution in [-0.4, -0.2) is 34.9 Å². The Balaban J connectivity index is 2.08. The van der Waals surface area contributed by atoms with Gasteiger partial charge in [0.15, 0.2) is 5.82 Å². The average Bonchev–Trinajstić information content (AvgIpc) is 3.18. The fourth-order valence-electron chi connectivity index (χ4n) is 1.76. The number of anilines is 1. The van der Waals surface area contributed by atoms with E-state index in [-0.39, 0.29) is 17.5 Å². The average molecular weight is 315 g/mol. The van der Waals surface area contributed by atoms with Crippen LogP contribution in [0.1, 0.15) is 45.2 Å². The zero-order valence-electron chi connectivity index (χ0n) is 12.7. The van der Waals surface area contributed by atoms with Crippen LogP contribution in [0.3, 0.4) is 0 Å². The molecular weight excluding hydrogens is 296 g/mol. The number of hydrogen-bond acceptors (Lipinski definition) is 5. The van der Waals surface area contributed by atoms with Crippen molar-refractivity contribution in [2.75, 3.05) is 11.9 Å². The molecule has 1 aliphatic carbocycles. The topological polar surface area (TPSA) is 73.3 Å². The summed E-state index contributed by atoms with van der Waals surface area (Å²) in [5, 5.41) is 10.3. The lowest BCUT2D eigenvalue weighted by Crippen LogP contribution is -2.27. The Hall–Kier alpha value is -1.99. The van der Waals surface area contributed by atoms with Gasteiger partial charge in [-0.05, 0) is 33.6 Å². The van der Waals surface area contributed by atoms with E-state index in [9.17, 15) is 13.6 Å². The minimum absolute atomic E-state index is 0.0999. The third-order valence-corrected chi connectivity index (χ3v) is 2.74. The number of halogens is 2. The first kappa shape index (κ1) is 16.4. The van der Waals surface area contributed by atoms with Gasteiger partial charge in [0.05, 0.1) is 0 Å². The van der Waals surface area contributed by atoms with Crippen molar-refractivity contribution in [2.45, 2.75) is 51.6 Å². The summed E-state index contributed by atoms with van der Waals surface area (Å²) in [5.74, 6) is 0.516. The fourth-order valence-corrected chi connectivity index (χ4v) is 1.76. The van der Waals surface area contributed by atoms with Crippen molar-refractivity contribution in [2.24, 2.45) is 0 Å². The smallest absolute Gasteiger partial charge is 0.413 e. The molecular formula is C14H19F2N3O3. The van der Waals surface area contributed by atoms with Crippen molar-refractivity contribution in [1.29, 1.82) is 0 Å². The van der Waals surface area contributed by atoms with Crippen molar-refractivity contribution >= 4 is 11.9 Å². The molecule has 1 amide bonds. The molecule has 1 aromatic rings. The second kappa shape index (κ2) is 6.41. The van der Waals surface area contributed by atoms with Gasteiger partial charge in [-0.3, -0.25) is 5.32 Å². The highest BCUT2D eigenvalue weighted by atomic mass is 19.3. The van der Waals surface area contributed by atoms with Crippen LogP contribution in [-0.2, 0) is 4.74 Å². The van der Waals surface area contributed by atoms with Crippen LogP contribution in [0.5, 0.6) is 5.75 Å². The van der Waals surface area contributed by atoms with Gasteiger partial charge >= 0.3 is 6.09 Å². The molecule has 22 heavy (non-hydrogen) atoms. The zero-order valence-corrected chi connectivity index (χ0v) is 12.7. The van der Waals surface area contributed by atoms with E-state index in [2.05, 4.69) is 15.5 Å². The number of rotatable bonds is 5. The molecule has 0 aliphatic heterocycles. The quantitative estimate of drug-likeness (QED) is 0.902. The maximum atomic E-state index is 12.3. The number of carbonyl (C=O) groups excluding carboxylic acids is 1.